The molecule has 2 heterocycles. The molecule has 0 spiro atoms. The highest BCUT2D eigenvalue weighted by Crippen LogP contribution is 2.47. The zero-order chi connectivity index (χ0) is 36.2. The summed E-state index contributed by atoms with van der Waals surface area (Å²) in [5, 5.41) is 25.8. The molecule has 0 aliphatic carbocycles. The number of ether oxygens (including phenoxy) is 3. The van der Waals surface area contributed by atoms with Crippen molar-refractivity contribution in [2.75, 3.05) is 20.8 Å². The van der Waals surface area contributed by atoms with E-state index >= 15 is 0 Å². The number of nitrogens with one attached hydrogen (secondary N) is 2. The molecule has 0 saturated carbocycles. The van der Waals surface area contributed by atoms with Crippen LogP contribution in [0.4, 0.5) is 13.2 Å². The molecule has 5 atom stereocenters. The normalized spacial score (nSPS) is 19.1. The maximum Gasteiger partial charge on any atom is 0.471 e. The van der Waals surface area contributed by atoms with Gasteiger partial charge in [-0.05, 0) is 53.3 Å². The van der Waals surface area contributed by atoms with Crippen LogP contribution in [0.3, 0.4) is 0 Å². The van der Waals surface area contributed by atoms with Crippen LogP contribution in [-0.4, -0.2) is 70.9 Å². The van der Waals surface area contributed by atoms with Crippen LogP contribution in [-0.2, 0) is 21.4 Å². The highest BCUT2D eigenvalue weighted by molar-refractivity contribution is 5.81. The Balaban J connectivity index is 1.52. The Kier molecular flexibility index (Phi) is 10.8. The van der Waals surface area contributed by atoms with E-state index in [4.69, 9.17) is 14.2 Å². The van der Waals surface area contributed by atoms with Gasteiger partial charge >= 0.3 is 17.8 Å². The third-order valence-corrected chi connectivity index (χ3v) is 9.00. The molecule has 50 heavy (non-hydrogen) atoms. The summed E-state index contributed by atoms with van der Waals surface area (Å²) in [7, 11) is 3.08. The minimum atomic E-state index is -5.05. The van der Waals surface area contributed by atoms with Crippen molar-refractivity contribution < 1.29 is 42.4 Å². The molecule has 0 radical (unpaired) electrons. The van der Waals surface area contributed by atoms with Crippen molar-refractivity contribution in [3.8, 4) is 11.5 Å². The number of aromatic nitrogens is 2. The maximum atomic E-state index is 13.0. The Labute approximate surface area is 285 Å². The molecule has 1 aromatic heterocycles. The van der Waals surface area contributed by atoms with E-state index in [9.17, 15) is 37.8 Å². The highest BCUT2D eigenvalue weighted by Gasteiger charge is 2.52. The molecule has 4 aromatic rings. The summed E-state index contributed by atoms with van der Waals surface area (Å²) in [5.74, 6) is -1.54. The van der Waals surface area contributed by atoms with Crippen molar-refractivity contribution in [2.24, 2.45) is 5.92 Å². The second-order valence-corrected chi connectivity index (χ2v) is 12.3. The minimum Gasteiger partial charge on any atom is -0.497 e. The van der Waals surface area contributed by atoms with E-state index in [0.717, 1.165) is 4.57 Å². The molecule has 1 fully saturated rings. The first kappa shape index (κ1) is 36.4. The Morgan fingerprint density at radius 3 is 2.02 bits per heavy atom. The van der Waals surface area contributed by atoms with Gasteiger partial charge in [0.1, 0.15) is 29.9 Å². The van der Waals surface area contributed by atoms with Crippen molar-refractivity contribution >= 4 is 5.91 Å². The topological polar surface area (TPSA) is 152 Å². The lowest BCUT2D eigenvalue weighted by molar-refractivity contribution is -0.173. The molecule has 4 N–H and O–H groups in total. The van der Waals surface area contributed by atoms with Gasteiger partial charge in [0.2, 0.25) is 0 Å². The van der Waals surface area contributed by atoms with Crippen LogP contribution >= 0.6 is 0 Å². The number of rotatable bonds is 12. The Bertz CT molecular complexity index is 1830. The van der Waals surface area contributed by atoms with Gasteiger partial charge in [0.15, 0.2) is 0 Å². The molecule has 1 aliphatic rings. The summed E-state index contributed by atoms with van der Waals surface area (Å²) in [6.45, 7) is 1.16. The van der Waals surface area contributed by atoms with Crippen molar-refractivity contribution in [3.05, 3.63) is 128 Å². The lowest BCUT2D eigenvalue weighted by atomic mass is 9.64. The van der Waals surface area contributed by atoms with E-state index in [1.165, 1.54) is 27.3 Å². The fourth-order valence-corrected chi connectivity index (χ4v) is 6.50. The Hall–Kier alpha value is -4.92. The molecule has 1 saturated heterocycles. The number of amides is 1. The lowest BCUT2D eigenvalue weighted by Crippen LogP contribution is -2.51. The van der Waals surface area contributed by atoms with Crippen LogP contribution < -0.4 is 26.0 Å². The first-order valence-electron chi connectivity index (χ1n) is 15.8. The van der Waals surface area contributed by atoms with E-state index in [1.807, 2.05) is 54.6 Å². The Morgan fingerprint density at radius 1 is 0.960 bits per heavy atom. The van der Waals surface area contributed by atoms with Gasteiger partial charge in [-0.3, -0.25) is 19.1 Å². The third-order valence-electron chi connectivity index (χ3n) is 9.00. The second-order valence-electron chi connectivity index (χ2n) is 12.3. The summed E-state index contributed by atoms with van der Waals surface area (Å²) in [6.07, 6.45) is -9.18. The van der Waals surface area contributed by atoms with Gasteiger partial charge in [0, 0.05) is 24.7 Å². The van der Waals surface area contributed by atoms with Gasteiger partial charge in [-0.25, -0.2) is 4.79 Å². The van der Waals surface area contributed by atoms with Crippen molar-refractivity contribution in [1.29, 1.82) is 0 Å². The fourth-order valence-electron chi connectivity index (χ4n) is 6.50. The number of benzene rings is 3. The number of hydrogen-bond donors (Lipinski definition) is 4. The standard InChI is InChI=1S/C36H38F3N3O8/c1-21(19-40-33(46)36(37,38)39)17-22-20-42(34(47)41-32(22)45)29-18-28(43)30(50-29)31(44)35(23-7-5-4-6-8-23,24-9-13-26(48-2)14-10-24)25-11-15-27(49-3)16-12-25/h4-16,20-21,28-31,43-44H,17-19H2,1-3H3,(H,40,46)(H,41,45,47)/t21?,28-,29+,30-,31?/m0/s1. The van der Waals surface area contributed by atoms with Gasteiger partial charge in [-0.15, -0.1) is 0 Å². The van der Waals surface area contributed by atoms with E-state index in [2.05, 4.69) is 4.98 Å². The molecule has 11 nitrogen and oxygen atoms in total. The molecule has 14 heteroatoms. The summed E-state index contributed by atoms with van der Waals surface area (Å²) in [6, 6.07) is 23.5. The van der Waals surface area contributed by atoms with Crippen LogP contribution in [0.5, 0.6) is 11.5 Å². The van der Waals surface area contributed by atoms with Crippen LogP contribution in [0.1, 0.15) is 41.8 Å². The maximum absolute atomic E-state index is 13.0. The predicted octanol–water partition coefficient (Wildman–Crippen LogP) is 3.45. The number of aliphatic hydroxyl groups is 2. The molecule has 5 rings (SSSR count). The number of halogens is 3. The number of methoxy groups -OCH3 is 2. The van der Waals surface area contributed by atoms with Gasteiger partial charge in [-0.1, -0.05) is 61.5 Å². The average Bonchev–Trinajstić information content (AvgIpc) is 3.50. The van der Waals surface area contributed by atoms with Crippen molar-refractivity contribution in [3.63, 3.8) is 0 Å². The van der Waals surface area contributed by atoms with Crippen molar-refractivity contribution in [2.45, 2.75) is 55.9 Å². The summed E-state index contributed by atoms with van der Waals surface area (Å²) in [4.78, 5) is 39.2. The van der Waals surface area contributed by atoms with E-state index in [-0.39, 0.29) is 24.9 Å². The SMILES string of the molecule is COc1ccc(C(c2ccccc2)(c2ccc(OC)cc2)C(O)[C@H]2O[C@@H](n3cc(CC(C)CNC(=O)C(F)(F)F)c(=O)[nH]c3=O)C[C@@H]2O)cc1. The van der Waals surface area contributed by atoms with E-state index in [0.29, 0.717) is 28.2 Å². The molecule has 3 aromatic carbocycles. The number of alkyl halides is 3. The quantitative estimate of drug-likeness (QED) is 0.165. The van der Waals surface area contributed by atoms with Gasteiger partial charge < -0.3 is 29.7 Å². The van der Waals surface area contributed by atoms with Gasteiger partial charge in [0.25, 0.3) is 5.56 Å². The third kappa shape index (κ3) is 7.32. The number of H-pyrrole nitrogens is 1. The predicted molar refractivity (Wildman–Crippen MR) is 176 cm³/mol. The number of aromatic amines is 1. The minimum absolute atomic E-state index is 0.0514. The zero-order valence-electron chi connectivity index (χ0n) is 27.5. The van der Waals surface area contributed by atoms with Crippen LogP contribution in [0.2, 0.25) is 0 Å². The zero-order valence-corrected chi connectivity index (χ0v) is 27.5. The number of carbonyl (C=O) groups excluding carboxylic acids is 1. The number of hydrogen-bond acceptors (Lipinski definition) is 8. The lowest BCUT2D eigenvalue weighted by Gasteiger charge is -2.43. The Morgan fingerprint density at radius 2 is 1.50 bits per heavy atom. The average molecular weight is 698 g/mol. The molecule has 0 bridgehead atoms. The first-order valence-corrected chi connectivity index (χ1v) is 15.8. The largest absolute Gasteiger partial charge is 0.497 e. The number of nitrogens with zero attached hydrogens (tertiary/aromatic N) is 1. The fraction of sp³-hybridized carbons (Fsp3) is 0.361. The smallest absolute Gasteiger partial charge is 0.471 e. The number of aliphatic hydroxyl groups excluding tert-OH is 2. The van der Waals surface area contributed by atoms with E-state index in [1.54, 1.807) is 29.6 Å². The number of carbonyl (C=O) groups is 1. The summed E-state index contributed by atoms with van der Waals surface area (Å²) in [5.41, 5.74) is -0.903. The highest BCUT2D eigenvalue weighted by atomic mass is 19.4. The second kappa shape index (κ2) is 14.9. The summed E-state index contributed by atoms with van der Waals surface area (Å²) < 4.78 is 56.1. The molecule has 266 valence electrons. The monoisotopic (exact) mass is 697 g/mol. The first-order chi connectivity index (χ1) is 23.8. The van der Waals surface area contributed by atoms with Crippen LogP contribution in [0.25, 0.3) is 0 Å². The van der Waals surface area contributed by atoms with Crippen LogP contribution in [0, 0.1) is 5.92 Å². The van der Waals surface area contributed by atoms with Crippen molar-refractivity contribution in [1.82, 2.24) is 14.9 Å². The molecular weight excluding hydrogens is 659 g/mol. The van der Waals surface area contributed by atoms with Crippen LogP contribution in [0.15, 0.2) is 94.6 Å². The van der Waals surface area contributed by atoms with Gasteiger partial charge in [0.05, 0.1) is 25.7 Å². The molecule has 1 amide bonds. The molecular formula is C36H38F3N3O8. The summed E-state index contributed by atoms with van der Waals surface area (Å²) >= 11 is 0. The molecule has 2 unspecified atom stereocenters. The van der Waals surface area contributed by atoms with Gasteiger partial charge in [-0.2, -0.15) is 13.2 Å². The molecule has 1 aliphatic heterocycles. The van der Waals surface area contributed by atoms with E-state index < -0.39 is 59.2 Å².